The Bertz CT molecular complexity index is 455. The molecule has 0 saturated carbocycles. The van der Waals surface area contributed by atoms with Crippen LogP contribution in [0.4, 0.5) is 0 Å². The van der Waals surface area contributed by atoms with E-state index in [2.05, 4.69) is 6.92 Å². The summed E-state index contributed by atoms with van der Waals surface area (Å²) >= 11 is 0. The van der Waals surface area contributed by atoms with Gasteiger partial charge in [-0.1, -0.05) is 90.4 Å². The number of unbranched alkanes of at least 4 members (excludes halogenated alkanes) is 13. The maximum atomic E-state index is 10.00. The molecule has 5 N–H and O–H groups in total. The molecule has 0 radical (unpaired) electrons. The Labute approximate surface area is 207 Å². The van der Waals surface area contributed by atoms with Gasteiger partial charge in [0, 0.05) is 13.7 Å². The molecular formula is C26H53NO7. The van der Waals surface area contributed by atoms with Crippen LogP contribution in [0.1, 0.15) is 96.8 Å². The van der Waals surface area contributed by atoms with Crippen LogP contribution in [0, 0.1) is 0 Å². The minimum Gasteiger partial charge on any atom is -0.394 e. The molecule has 1 saturated heterocycles. The largest absolute Gasteiger partial charge is 0.394 e. The quantitative estimate of drug-likeness (QED) is 0.170. The summed E-state index contributed by atoms with van der Waals surface area (Å²) in [5.41, 5.74) is 5.88. The molecule has 0 aromatic rings. The Morgan fingerprint density at radius 1 is 0.794 bits per heavy atom. The van der Waals surface area contributed by atoms with E-state index in [1.165, 1.54) is 83.5 Å². The van der Waals surface area contributed by atoms with Crippen molar-refractivity contribution < 1.29 is 34.3 Å². The summed E-state index contributed by atoms with van der Waals surface area (Å²) in [6.45, 7) is 3.10. The van der Waals surface area contributed by atoms with Crippen LogP contribution in [-0.4, -0.2) is 85.6 Å². The van der Waals surface area contributed by atoms with E-state index >= 15 is 0 Å². The SMILES string of the molecule is CCCCCCCCCCCCCCCCOCC(CO[C@@H]1OC(CO)[C@@H](O)C(O)[C@@H]1N)OC. The first kappa shape index (κ1) is 31.7. The summed E-state index contributed by atoms with van der Waals surface area (Å²) in [4.78, 5) is 0. The molecule has 34 heavy (non-hydrogen) atoms. The van der Waals surface area contributed by atoms with Gasteiger partial charge < -0.3 is 40.0 Å². The normalized spacial score (nSPS) is 26.1. The summed E-state index contributed by atoms with van der Waals surface area (Å²) in [5.74, 6) is 0. The molecule has 1 aliphatic rings. The molecule has 0 aromatic heterocycles. The number of methoxy groups -OCH3 is 1. The Balaban J connectivity index is 1.97. The molecule has 3 unspecified atom stereocenters. The first-order valence-electron chi connectivity index (χ1n) is 13.6. The Morgan fingerprint density at radius 2 is 1.32 bits per heavy atom. The highest BCUT2D eigenvalue weighted by Crippen LogP contribution is 2.21. The summed E-state index contributed by atoms with van der Waals surface area (Å²) < 4.78 is 22.2. The fourth-order valence-corrected chi connectivity index (χ4v) is 4.25. The van der Waals surface area contributed by atoms with Gasteiger partial charge in [0.25, 0.3) is 0 Å². The molecule has 1 fully saturated rings. The van der Waals surface area contributed by atoms with Crippen LogP contribution in [0.5, 0.6) is 0 Å². The number of ether oxygens (including phenoxy) is 4. The molecule has 1 rings (SSSR count). The molecular weight excluding hydrogens is 438 g/mol. The second-order valence-electron chi connectivity index (χ2n) is 9.65. The van der Waals surface area contributed by atoms with Gasteiger partial charge in [-0.15, -0.1) is 0 Å². The lowest BCUT2D eigenvalue weighted by molar-refractivity contribution is -0.271. The lowest BCUT2D eigenvalue weighted by Crippen LogP contribution is -2.62. The summed E-state index contributed by atoms with van der Waals surface area (Å²) in [6.07, 6.45) is 14.0. The van der Waals surface area contributed by atoms with Gasteiger partial charge in [0.15, 0.2) is 6.29 Å². The third kappa shape index (κ3) is 13.7. The molecule has 0 aliphatic carbocycles. The van der Waals surface area contributed by atoms with E-state index in [1.807, 2.05) is 0 Å². The van der Waals surface area contributed by atoms with Crippen LogP contribution in [0.25, 0.3) is 0 Å². The number of aliphatic hydroxyl groups is 3. The molecule has 8 heteroatoms. The first-order valence-corrected chi connectivity index (χ1v) is 13.6. The van der Waals surface area contributed by atoms with Gasteiger partial charge in [0.05, 0.1) is 25.9 Å². The minimum absolute atomic E-state index is 0.175. The van der Waals surface area contributed by atoms with E-state index in [1.54, 1.807) is 7.11 Å². The predicted octanol–water partition coefficient (Wildman–Crippen LogP) is 3.28. The van der Waals surface area contributed by atoms with Crippen molar-refractivity contribution in [3.8, 4) is 0 Å². The third-order valence-corrected chi connectivity index (χ3v) is 6.65. The lowest BCUT2D eigenvalue weighted by Gasteiger charge is -2.40. The number of rotatable bonds is 22. The highest BCUT2D eigenvalue weighted by molar-refractivity contribution is 4.91. The molecule has 0 aromatic carbocycles. The van der Waals surface area contributed by atoms with E-state index in [4.69, 9.17) is 24.7 Å². The summed E-state index contributed by atoms with van der Waals surface area (Å²) in [7, 11) is 1.58. The van der Waals surface area contributed by atoms with Crippen molar-refractivity contribution in [1.82, 2.24) is 0 Å². The molecule has 8 nitrogen and oxygen atoms in total. The van der Waals surface area contributed by atoms with Gasteiger partial charge in [0.1, 0.15) is 24.4 Å². The fourth-order valence-electron chi connectivity index (χ4n) is 4.25. The van der Waals surface area contributed by atoms with Crippen molar-refractivity contribution in [1.29, 1.82) is 0 Å². The van der Waals surface area contributed by atoms with Crippen LogP contribution < -0.4 is 5.73 Å². The maximum Gasteiger partial charge on any atom is 0.175 e. The van der Waals surface area contributed by atoms with E-state index in [-0.39, 0.29) is 12.7 Å². The lowest BCUT2D eigenvalue weighted by atomic mass is 9.98. The maximum absolute atomic E-state index is 10.00. The summed E-state index contributed by atoms with van der Waals surface area (Å²) in [6, 6.07) is -0.910. The average Bonchev–Trinajstić information content (AvgIpc) is 2.85. The minimum atomic E-state index is -1.24. The highest BCUT2D eigenvalue weighted by Gasteiger charge is 2.43. The molecule has 204 valence electrons. The molecule has 0 amide bonds. The second-order valence-corrected chi connectivity index (χ2v) is 9.65. The van der Waals surface area contributed by atoms with Gasteiger partial charge in [-0.2, -0.15) is 0 Å². The van der Waals surface area contributed by atoms with Crippen LogP contribution >= 0.6 is 0 Å². The molecule has 1 aliphatic heterocycles. The fraction of sp³-hybridized carbons (Fsp3) is 1.00. The Kier molecular flexibility index (Phi) is 19.4. The van der Waals surface area contributed by atoms with E-state index in [0.29, 0.717) is 13.2 Å². The van der Waals surface area contributed by atoms with Crippen LogP contribution in [-0.2, 0) is 18.9 Å². The topological polar surface area (TPSA) is 124 Å². The average molecular weight is 492 g/mol. The zero-order valence-electron chi connectivity index (χ0n) is 21.7. The van der Waals surface area contributed by atoms with Gasteiger partial charge in [-0.05, 0) is 6.42 Å². The zero-order valence-corrected chi connectivity index (χ0v) is 21.7. The van der Waals surface area contributed by atoms with Gasteiger partial charge in [0.2, 0.25) is 0 Å². The van der Waals surface area contributed by atoms with Crippen LogP contribution in [0.15, 0.2) is 0 Å². The standard InChI is InChI=1S/C26H53NO7/c1-3-4-5-6-7-8-9-10-11-12-13-14-15-16-17-32-19-21(31-2)20-33-26-23(27)25(30)24(29)22(18-28)34-26/h21-26,28-30H,3-20,27H2,1-2H3/t21?,22?,23-,24+,25?,26+/m0/s1. The number of hydrogen-bond acceptors (Lipinski definition) is 8. The molecule has 0 bridgehead atoms. The molecule has 0 spiro atoms. The van der Waals surface area contributed by atoms with E-state index < -0.39 is 37.3 Å². The van der Waals surface area contributed by atoms with Crippen molar-refractivity contribution in [2.75, 3.05) is 33.5 Å². The van der Waals surface area contributed by atoms with Gasteiger partial charge >= 0.3 is 0 Å². The summed E-state index contributed by atoms with van der Waals surface area (Å²) in [5, 5.41) is 29.1. The second kappa shape index (κ2) is 20.8. The zero-order chi connectivity index (χ0) is 25.0. The van der Waals surface area contributed by atoms with Crippen molar-refractivity contribution in [3.05, 3.63) is 0 Å². The van der Waals surface area contributed by atoms with Crippen molar-refractivity contribution >= 4 is 0 Å². The predicted molar refractivity (Wildman–Crippen MR) is 134 cm³/mol. The monoisotopic (exact) mass is 491 g/mol. The molecule has 6 atom stereocenters. The van der Waals surface area contributed by atoms with Crippen LogP contribution in [0.3, 0.4) is 0 Å². The third-order valence-electron chi connectivity index (χ3n) is 6.65. The van der Waals surface area contributed by atoms with Crippen LogP contribution in [0.2, 0.25) is 0 Å². The Hall–Kier alpha value is -0.320. The van der Waals surface area contributed by atoms with Crippen molar-refractivity contribution in [2.24, 2.45) is 5.73 Å². The number of hydrogen-bond donors (Lipinski definition) is 4. The highest BCUT2D eigenvalue weighted by atomic mass is 16.7. The first-order chi connectivity index (χ1) is 16.5. The molecule has 1 heterocycles. The number of nitrogens with two attached hydrogens (primary N) is 1. The van der Waals surface area contributed by atoms with E-state index in [0.717, 1.165) is 6.42 Å². The van der Waals surface area contributed by atoms with Gasteiger partial charge in [-0.25, -0.2) is 0 Å². The van der Waals surface area contributed by atoms with Gasteiger partial charge in [-0.3, -0.25) is 0 Å². The van der Waals surface area contributed by atoms with E-state index in [9.17, 15) is 15.3 Å². The smallest absolute Gasteiger partial charge is 0.175 e. The van der Waals surface area contributed by atoms with Crippen molar-refractivity contribution in [3.63, 3.8) is 0 Å². The van der Waals surface area contributed by atoms with Crippen molar-refractivity contribution in [2.45, 2.75) is 134 Å². The number of aliphatic hydroxyl groups excluding tert-OH is 3. The Morgan fingerprint density at radius 3 is 1.82 bits per heavy atom.